The molecule has 0 aliphatic heterocycles. The summed E-state index contributed by atoms with van der Waals surface area (Å²) in [5.74, 6) is -0.993. The summed E-state index contributed by atoms with van der Waals surface area (Å²) in [5, 5.41) is 11.3. The van der Waals surface area contributed by atoms with Gasteiger partial charge in [-0.2, -0.15) is 0 Å². The standard InChI is InChI=1S/C19H14O2/c1-13(19(20)21)14-9-11-16(12-10-14)18-8-4-6-15-5-2-3-7-17(15)18/h2-12H,1H2,(H,20,21). The summed E-state index contributed by atoms with van der Waals surface area (Å²) in [6.45, 7) is 3.58. The average Bonchev–Trinajstić information content (AvgIpc) is 2.53. The summed E-state index contributed by atoms with van der Waals surface area (Å²) in [5.41, 5.74) is 2.94. The molecule has 0 amide bonds. The van der Waals surface area contributed by atoms with Gasteiger partial charge in [0.05, 0.1) is 5.57 Å². The molecule has 0 unspecified atom stereocenters. The molecule has 0 spiro atoms. The summed E-state index contributed by atoms with van der Waals surface area (Å²) in [7, 11) is 0. The highest BCUT2D eigenvalue weighted by molar-refractivity contribution is 6.14. The number of rotatable bonds is 3. The smallest absolute Gasteiger partial charge is 0.335 e. The van der Waals surface area contributed by atoms with Crippen LogP contribution in [0.2, 0.25) is 0 Å². The summed E-state index contributed by atoms with van der Waals surface area (Å²) < 4.78 is 0. The molecule has 102 valence electrons. The van der Waals surface area contributed by atoms with Gasteiger partial charge in [-0.15, -0.1) is 0 Å². The number of benzene rings is 3. The van der Waals surface area contributed by atoms with Crippen molar-refractivity contribution in [3.05, 3.63) is 78.9 Å². The number of fused-ring (bicyclic) bond motifs is 1. The minimum atomic E-state index is -0.993. The van der Waals surface area contributed by atoms with E-state index in [1.807, 2.05) is 30.3 Å². The molecular formula is C19H14O2. The van der Waals surface area contributed by atoms with Crippen molar-refractivity contribution in [1.82, 2.24) is 0 Å². The van der Waals surface area contributed by atoms with Crippen LogP contribution in [-0.4, -0.2) is 11.1 Å². The van der Waals surface area contributed by atoms with Crippen LogP contribution in [0.1, 0.15) is 5.56 Å². The van der Waals surface area contributed by atoms with Crippen LogP contribution in [0.25, 0.3) is 27.5 Å². The lowest BCUT2D eigenvalue weighted by Gasteiger charge is -2.08. The number of carbonyl (C=O) groups is 1. The van der Waals surface area contributed by atoms with Crippen molar-refractivity contribution in [3.63, 3.8) is 0 Å². The predicted molar refractivity (Wildman–Crippen MR) is 86.1 cm³/mol. The Labute approximate surface area is 123 Å². The summed E-state index contributed by atoms with van der Waals surface area (Å²) >= 11 is 0. The van der Waals surface area contributed by atoms with Gasteiger partial charge in [-0.25, -0.2) is 4.79 Å². The van der Waals surface area contributed by atoms with E-state index in [4.69, 9.17) is 5.11 Å². The topological polar surface area (TPSA) is 37.3 Å². The maximum absolute atomic E-state index is 10.9. The molecular weight excluding hydrogens is 260 g/mol. The highest BCUT2D eigenvalue weighted by Crippen LogP contribution is 2.29. The molecule has 2 heteroatoms. The van der Waals surface area contributed by atoms with Gasteiger partial charge in [-0.05, 0) is 27.5 Å². The second kappa shape index (κ2) is 5.25. The van der Waals surface area contributed by atoms with Crippen LogP contribution in [0.5, 0.6) is 0 Å². The normalized spacial score (nSPS) is 10.5. The largest absolute Gasteiger partial charge is 0.478 e. The van der Waals surface area contributed by atoms with Gasteiger partial charge in [-0.3, -0.25) is 0 Å². The van der Waals surface area contributed by atoms with E-state index in [2.05, 4.69) is 30.8 Å². The van der Waals surface area contributed by atoms with Crippen LogP contribution in [-0.2, 0) is 4.79 Å². The Morgan fingerprint density at radius 3 is 2.24 bits per heavy atom. The van der Waals surface area contributed by atoms with Crippen molar-refractivity contribution in [3.8, 4) is 11.1 Å². The fourth-order valence-corrected chi connectivity index (χ4v) is 2.45. The van der Waals surface area contributed by atoms with Gasteiger partial charge in [-0.1, -0.05) is 73.3 Å². The maximum Gasteiger partial charge on any atom is 0.335 e. The van der Waals surface area contributed by atoms with Gasteiger partial charge >= 0.3 is 5.97 Å². The van der Waals surface area contributed by atoms with Crippen LogP contribution in [0.15, 0.2) is 73.3 Å². The quantitative estimate of drug-likeness (QED) is 0.708. The first-order valence-corrected chi connectivity index (χ1v) is 6.67. The van der Waals surface area contributed by atoms with Crippen molar-refractivity contribution >= 4 is 22.3 Å². The molecule has 0 aliphatic carbocycles. The average molecular weight is 274 g/mol. The molecule has 0 radical (unpaired) electrons. The summed E-state index contributed by atoms with van der Waals surface area (Å²) in [4.78, 5) is 10.9. The minimum Gasteiger partial charge on any atom is -0.478 e. The van der Waals surface area contributed by atoms with Crippen molar-refractivity contribution in [2.45, 2.75) is 0 Å². The molecule has 0 aromatic heterocycles. The zero-order valence-corrected chi connectivity index (χ0v) is 11.4. The lowest BCUT2D eigenvalue weighted by atomic mass is 9.96. The Hall–Kier alpha value is -2.87. The van der Waals surface area contributed by atoms with Crippen LogP contribution in [0.4, 0.5) is 0 Å². The Balaban J connectivity index is 2.08. The maximum atomic E-state index is 10.9. The molecule has 0 aliphatic rings. The van der Waals surface area contributed by atoms with E-state index in [-0.39, 0.29) is 5.57 Å². The Morgan fingerprint density at radius 1 is 0.857 bits per heavy atom. The van der Waals surface area contributed by atoms with Gasteiger partial charge in [0.25, 0.3) is 0 Å². The SMILES string of the molecule is C=C(C(=O)O)c1ccc(-c2cccc3ccccc23)cc1. The van der Waals surface area contributed by atoms with E-state index in [1.54, 1.807) is 12.1 Å². The van der Waals surface area contributed by atoms with Gasteiger partial charge in [0.2, 0.25) is 0 Å². The first kappa shape index (κ1) is 13.1. The molecule has 0 atom stereocenters. The first-order chi connectivity index (χ1) is 10.2. The molecule has 0 saturated heterocycles. The van der Waals surface area contributed by atoms with Crippen LogP contribution < -0.4 is 0 Å². The Kier molecular flexibility index (Phi) is 3.28. The zero-order chi connectivity index (χ0) is 14.8. The molecule has 21 heavy (non-hydrogen) atoms. The van der Waals surface area contributed by atoms with Crippen molar-refractivity contribution < 1.29 is 9.90 Å². The predicted octanol–water partition coefficient (Wildman–Crippen LogP) is 4.60. The third-order valence-electron chi connectivity index (χ3n) is 3.59. The van der Waals surface area contributed by atoms with Crippen LogP contribution in [0.3, 0.4) is 0 Å². The highest BCUT2D eigenvalue weighted by Gasteiger charge is 2.08. The summed E-state index contributed by atoms with van der Waals surface area (Å²) in [6, 6.07) is 21.9. The number of carboxylic acids is 1. The van der Waals surface area contributed by atoms with E-state index in [9.17, 15) is 4.79 Å². The summed E-state index contributed by atoms with van der Waals surface area (Å²) in [6.07, 6.45) is 0. The van der Waals surface area contributed by atoms with E-state index in [0.717, 1.165) is 11.1 Å². The molecule has 2 nitrogen and oxygen atoms in total. The third kappa shape index (κ3) is 2.43. The Bertz CT molecular complexity index is 824. The van der Waals surface area contributed by atoms with Gasteiger partial charge < -0.3 is 5.11 Å². The molecule has 3 aromatic carbocycles. The van der Waals surface area contributed by atoms with Gasteiger partial charge in [0.1, 0.15) is 0 Å². The minimum absolute atomic E-state index is 0.111. The van der Waals surface area contributed by atoms with E-state index >= 15 is 0 Å². The fraction of sp³-hybridized carbons (Fsp3) is 0. The van der Waals surface area contributed by atoms with E-state index in [0.29, 0.717) is 5.56 Å². The van der Waals surface area contributed by atoms with Crippen molar-refractivity contribution in [2.75, 3.05) is 0 Å². The highest BCUT2D eigenvalue weighted by atomic mass is 16.4. The molecule has 0 heterocycles. The fourth-order valence-electron chi connectivity index (χ4n) is 2.45. The lowest BCUT2D eigenvalue weighted by Crippen LogP contribution is -1.97. The van der Waals surface area contributed by atoms with Gasteiger partial charge in [0, 0.05) is 0 Å². The van der Waals surface area contributed by atoms with Crippen LogP contribution >= 0.6 is 0 Å². The number of aliphatic carboxylic acids is 1. The van der Waals surface area contributed by atoms with Crippen LogP contribution in [0, 0.1) is 0 Å². The second-order valence-corrected chi connectivity index (χ2v) is 4.89. The monoisotopic (exact) mass is 274 g/mol. The number of hydrogen-bond donors (Lipinski definition) is 1. The van der Waals surface area contributed by atoms with Gasteiger partial charge in [0.15, 0.2) is 0 Å². The lowest BCUT2D eigenvalue weighted by molar-refractivity contribution is -0.130. The third-order valence-corrected chi connectivity index (χ3v) is 3.59. The molecule has 1 N–H and O–H groups in total. The first-order valence-electron chi connectivity index (χ1n) is 6.67. The van der Waals surface area contributed by atoms with Crippen molar-refractivity contribution in [2.24, 2.45) is 0 Å². The molecule has 3 rings (SSSR count). The molecule has 0 fully saturated rings. The molecule has 0 saturated carbocycles. The molecule has 3 aromatic rings. The second-order valence-electron chi connectivity index (χ2n) is 4.89. The van der Waals surface area contributed by atoms with E-state index in [1.165, 1.54) is 10.8 Å². The number of hydrogen-bond acceptors (Lipinski definition) is 1. The number of carboxylic acid groups (broad SMARTS) is 1. The van der Waals surface area contributed by atoms with E-state index < -0.39 is 5.97 Å². The zero-order valence-electron chi connectivity index (χ0n) is 11.4. The molecule has 0 bridgehead atoms. The Morgan fingerprint density at radius 2 is 1.52 bits per heavy atom. The van der Waals surface area contributed by atoms with Crippen molar-refractivity contribution in [1.29, 1.82) is 0 Å².